The molecule has 0 saturated carbocycles. The number of hydrogen-bond acceptors (Lipinski definition) is 2. The summed E-state index contributed by atoms with van der Waals surface area (Å²) < 4.78 is 19.5. The van der Waals surface area contributed by atoms with E-state index in [2.05, 4.69) is 26.1 Å². The van der Waals surface area contributed by atoms with E-state index >= 15 is 0 Å². The van der Waals surface area contributed by atoms with Crippen molar-refractivity contribution in [3.05, 3.63) is 35.6 Å². The van der Waals surface area contributed by atoms with E-state index in [0.717, 1.165) is 37.9 Å². The summed E-state index contributed by atoms with van der Waals surface area (Å²) in [6.07, 6.45) is 2.92. The molecule has 0 saturated heterocycles. The molecule has 0 heterocycles. The Morgan fingerprint density at radius 3 is 2.60 bits per heavy atom. The standard InChI is InChI=1S/C17H28FNO/c1-5-12-19-13-14(10-11-17(2,3)20-4)15-8-6-7-9-16(15)18/h6-9,14,19H,5,10-13H2,1-4H3. The fourth-order valence-electron chi connectivity index (χ4n) is 2.25. The zero-order chi connectivity index (χ0) is 15.0. The summed E-state index contributed by atoms with van der Waals surface area (Å²) in [5.74, 6) is 0.0863. The first kappa shape index (κ1) is 17.1. The highest BCUT2D eigenvalue weighted by molar-refractivity contribution is 5.22. The van der Waals surface area contributed by atoms with Gasteiger partial charge in [0.1, 0.15) is 5.82 Å². The van der Waals surface area contributed by atoms with Gasteiger partial charge >= 0.3 is 0 Å². The summed E-state index contributed by atoms with van der Waals surface area (Å²) >= 11 is 0. The molecule has 114 valence electrons. The first-order chi connectivity index (χ1) is 9.50. The summed E-state index contributed by atoms with van der Waals surface area (Å²) in [4.78, 5) is 0. The smallest absolute Gasteiger partial charge is 0.126 e. The van der Waals surface area contributed by atoms with E-state index in [1.165, 1.54) is 0 Å². The molecule has 0 aromatic heterocycles. The van der Waals surface area contributed by atoms with Crippen molar-refractivity contribution in [1.29, 1.82) is 0 Å². The van der Waals surface area contributed by atoms with Crippen molar-refractivity contribution in [3.63, 3.8) is 0 Å². The maximum Gasteiger partial charge on any atom is 0.126 e. The molecule has 2 nitrogen and oxygen atoms in total. The molecule has 1 unspecified atom stereocenters. The van der Waals surface area contributed by atoms with Gasteiger partial charge in [0.05, 0.1) is 5.60 Å². The Kier molecular flexibility index (Phi) is 7.17. The van der Waals surface area contributed by atoms with Crippen LogP contribution in [0.4, 0.5) is 4.39 Å². The third-order valence-corrected chi connectivity index (χ3v) is 3.81. The molecule has 1 aromatic carbocycles. The molecular formula is C17H28FNO. The summed E-state index contributed by atoms with van der Waals surface area (Å²) in [5.41, 5.74) is 0.650. The normalized spacial score (nSPS) is 13.4. The number of benzene rings is 1. The van der Waals surface area contributed by atoms with Crippen LogP contribution in [0.1, 0.15) is 51.5 Å². The quantitative estimate of drug-likeness (QED) is 0.688. The molecule has 0 spiro atoms. The van der Waals surface area contributed by atoms with Gasteiger partial charge in [-0.05, 0) is 57.2 Å². The highest BCUT2D eigenvalue weighted by Gasteiger charge is 2.21. The third kappa shape index (κ3) is 5.59. The van der Waals surface area contributed by atoms with E-state index in [1.54, 1.807) is 19.2 Å². The van der Waals surface area contributed by atoms with Crippen molar-refractivity contribution in [1.82, 2.24) is 5.32 Å². The lowest BCUT2D eigenvalue weighted by atomic mass is 9.89. The molecule has 3 heteroatoms. The van der Waals surface area contributed by atoms with Crippen LogP contribution in [0.5, 0.6) is 0 Å². The zero-order valence-corrected chi connectivity index (χ0v) is 13.2. The molecule has 1 rings (SSSR count). The second-order valence-electron chi connectivity index (χ2n) is 5.93. The third-order valence-electron chi connectivity index (χ3n) is 3.81. The largest absolute Gasteiger partial charge is 0.379 e. The fraction of sp³-hybridized carbons (Fsp3) is 0.647. The lowest BCUT2D eigenvalue weighted by molar-refractivity contribution is 0.0123. The minimum absolute atomic E-state index is 0.106. The summed E-state index contributed by atoms with van der Waals surface area (Å²) in [6.45, 7) is 8.07. The van der Waals surface area contributed by atoms with Crippen molar-refractivity contribution >= 4 is 0 Å². The maximum absolute atomic E-state index is 14.0. The molecule has 0 bridgehead atoms. The second-order valence-corrected chi connectivity index (χ2v) is 5.93. The van der Waals surface area contributed by atoms with Gasteiger partial charge in [-0.25, -0.2) is 4.39 Å². The molecular weight excluding hydrogens is 253 g/mol. The second kappa shape index (κ2) is 8.38. The van der Waals surface area contributed by atoms with Crippen LogP contribution in [0.15, 0.2) is 24.3 Å². The number of rotatable bonds is 9. The van der Waals surface area contributed by atoms with Gasteiger partial charge in [-0.1, -0.05) is 25.1 Å². The van der Waals surface area contributed by atoms with Crippen LogP contribution in [0.3, 0.4) is 0 Å². The lowest BCUT2D eigenvalue weighted by Gasteiger charge is -2.26. The zero-order valence-electron chi connectivity index (χ0n) is 13.2. The first-order valence-electron chi connectivity index (χ1n) is 7.50. The monoisotopic (exact) mass is 281 g/mol. The van der Waals surface area contributed by atoms with Gasteiger partial charge in [0.15, 0.2) is 0 Å². The van der Waals surface area contributed by atoms with Crippen molar-refractivity contribution < 1.29 is 9.13 Å². The van der Waals surface area contributed by atoms with Crippen LogP contribution in [0.25, 0.3) is 0 Å². The van der Waals surface area contributed by atoms with Crippen LogP contribution < -0.4 is 5.32 Å². The van der Waals surface area contributed by atoms with Gasteiger partial charge in [0.25, 0.3) is 0 Å². The lowest BCUT2D eigenvalue weighted by Crippen LogP contribution is -2.27. The van der Waals surface area contributed by atoms with Crippen molar-refractivity contribution in [2.45, 2.75) is 51.6 Å². The Morgan fingerprint density at radius 2 is 2.00 bits per heavy atom. The average molecular weight is 281 g/mol. The fourth-order valence-corrected chi connectivity index (χ4v) is 2.25. The SMILES string of the molecule is CCCNCC(CCC(C)(C)OC)c1ccccc1F. The highest BCUT2D eigenvalue weighted by atomic mass is 19.1. The number of ether oxygens (including phenoxy) is 1. The van der Waals surface area contributed by atoms with Crippen LogP contribution in [-0.4, -0.2) is 25.8 Å². The van der Waals surface area contributed by atoms with E-state index < -0.39 is 0 Å². The highest BCUT2D eigenvalue weighted by Crippen LogP contribution is 2.27. The molecule has 0 radical (unpaired) electrons. The molecule has 1 atom stereocenters. The molecule has 0 fully saturated rings. The molecule has 0 aliphatic rings. The Labute approximate surface area is 122 Å². The minimum atomic E-state index is -0.158. The van der Waals surface area contributed by atoms with E-state index in [0.29, 0.717) is 0 Å². The van der Waals surface area contributed by atoms with Gasteiger partial charge in [-0.2, -0.15) is 0 Å². The molecule has 20 heavy (non-hydrogen) atoms. The first-order valence-corrected chi connectivity index (χ1v) is 7.50. The summed E-state index contributed by atoms with van der Waals surface area (Å²) in [5, 5.41) is 3.41. The topological polar surface area (TPSA) is 21.3 Å². The van der Waals surface area contributed by atoms with Gasteiger partial charge in [0.2, 0.25) is 0 Å². The minimum Gasteiger partial charge on any atom is -0.379 e. The van der Waals surface area contributed by atoms with Gasteiger partial charge in [-0.3, -0.25) is 0 Å². The predicted molar refractivity (Wildman–Crippen MR) is 82.6 cm³/mol. The Balaban J connectivity index is 2.72. The average Bonchev–Trinajstić information content (AvgIpc) is 2.44. The van der Waals surface area contributed by atoms with Crippen molar-refractivity contribution in [3.8, 4) is 0 Å². The molecule has 1 N–H and O–H groups in total. The molecule has 0 aliphatic carbocycles. The molecule has 0 aliphatic heterocycles. The summed E-state index contributed by atoms with van der Waals surface area (Å²) in [7, 11) is 1.73. The van der Waals surface area contributed by atoms with Gasteiger partial charge in [0, 0.05) is 13.7 Å². The maximum atomic E-state index is 14.0. The van der Waals surface area contributed by atoms with E-state index in [-0.39, 0.29) is 17.3 Å². The van der Waals surface area contributed by atoms with E-state index in [4.69, 9.17) is 4.74 Å². The van der Waals surface area contributed by atoms with Crippen molar-refractivity contribution in [2.24, 2.45) is 0 Å². The number of nitrogens with one attached hydrogen (secondary N) is 1. The summed E-state index contributed by atoms with van der Waals surface area (Å²) in [6, 6.07) is 7.10. The van der Waals surface area contributed by atoms with E-state index in [9.17, 15) is 4.39 Å². The Hall–Kier alpha value is -0.930. The Morgan fingerprint density at radius 1 is 1.30 bits per heavy atom. The molecule has 1 aromatic rings. The van der Waals surface area contributed by atoms with Crippen LogP contribution >= 0.6 is 0 Å². The van der Waals surface area contributed by atoms with Crippen LogP contribution in [-0.2, 0) is 4.74 Å². The number of methoxy groups -OCH3 is 1. The van der Waals surface area contributed by atoms with Gasteiger partial charge < -0.3 is 10.1 Å². The van der Waals surface area contributed by atoms with E-state index in [1.807, 2.05) is 12.1 Å². The Bertz CT molecular complexity index is 392. The van der Waals surface area contributed by atoms with Crippen LogP contribution in [0.2, 0.25) is 0 Å². The van der Waals surface area contributed by atoms with Crippen molar-refractivity contribution in [2.75, 3.05) is 20.2 Å². The predicted octanol–water partition coefficient (Wildman–Crippen LogP) is 4.11. The number of halogens is 1. The van der Waals surface area contributed by atoms with Gasteiger partial charge in [-0.15, -0.1) is 0 Å². The van der Waals surface area contributed by atoms with Crippen LogP contribution in [0, 0.1) is 5.82 Å². The number of hydrogen-bond donors (Lipinski definition) is 1. The molecule has 0 amide bonds.